The van der Waals surface area contributed by atoms with Crippen LogP contribution in [0.15, 0.2) is 11.3 Å². The highest BCUT2D eigenvalue weighted by atomic mass is 16.5. The van der Waals surface area contributed by atoms with Gasteiger partial charge < -0.3 is 9.64 Å². The van der Waals surface area contributed by atoms with Crippen LogP contribution in [0.25, 0.3) is 0 Å². The molecule has 1 aliphatic heterocycles. The van der Waals surface area contributed by atoms with Gasteiger partial charge in [-0.15, -0.1) is 0 Å². The van der Waals surface area contributed by atoms with Gasteiger partial charge in [-0.1, -0.05) is 13.8 Å². The van der Waals surface area contributed by atoms with Gasteiger partial charge in [0.2, 0.25) is 0 Å². The van der Waals surface area contributed by atoms with Crippen molar-refractivity contribution >= 4 is 17.5 Å². The van der Waals surface area contributed by atoms with E-state index in [-0.39, 0.29) is 23.6 Å². The maximum atomic E-state index is 12.7. The number of Topliss-reactive ketones (excluding diaryl/α,β-unsaturated/α-hetero) is 2. The normalized spacial score (nSPS) is 27.8. The number of carbonyl (C=O) groups is 3. The minimum absolute atomic E-state index is 0.158. The summed E-state index contributed by atoms with van der Waals surface area (Å²) in [4.78, 5) is 39.2. The van der Waals surface area contributed by atoms with Gasteiger partial charge in [0.05, 0.1) is 12.7 Å². The van der Waals surface area contributed by atoms with Gasteiger partial charge in [0, 0.05) is 25.2 Å². The Balaban J connectivity index is 2.43. The van der Waals surface area contributed by atoms with E-state index < -0.39 is 17.3 Å². The van der Waals surface area contributed by atoms with Crippen LogP contribution < -0.4 is 0 Å². The lowest BCUT2D eigenvalue weighted by Gasteiger charge is -2.36. The Morgan fingerprint density at radius 3 is 2.33 bits per heavy atom. The molecule has 0 spiro atoms. The van der Waals surface area contributed by atoms with Crippen LogP contribution >= 0.6 is 0 Å². The third kappa shape index (κ3) is 2.74. The topological polar surface area (TPSA) is 63.7 Å². The second-order valence-electron chi connectivity index (χ2n) is 6.56. The SMILES string of the molecule is COC(=O)[C@H]1C(=O)/C(=C(\C)N2CCCC2)C(=O)CC1(C)C. The molecular weight excluding hydrogens is 270 g/mol. The number of nitrogens with zero attached hydrogens (tertiary/aromatic N) is 1. The van der Waals surface area contributed by atoms with E-state index in [1.807, 2.05) is 6.92 Å². The fourth-order valence-electron chi connectivity index (χ4n) is 3.38. The summed E-state index contributed by atoms with van der Waals surface area (Å²) in [5.41, 5.74) is 0.217. The second kappa shape index (κ2) is 5.62. The summed E-state index contributed by atoms with van der Waals surface area (Å²) in [6.45, 7) is 7.08. The van der Waals surface area contributed by atoms with Crippen molar-refractivity contribution in [2.24, 2.45) is 11.3 Å². The number of carbonyl (C=O) groups excluding carboxylic acids is 3. The van der Waals surface area contributed by atoms with Gasteiger partial charge in [0.25, 0.3) is 0 Å². The van der Waals surface area contributed by atoms with Gasteiger partial charge >= 0.3 is 5.97 Å². The van der Waals surface area contributed by atoms with Gasteiger partial charge in [0.1, 0.15) is 5.92 Å². The van der Waals surface area contributed by atoms with Crippen molar-refractivity contribution in [2.75, 3.05) is 20.2 Å². The van der Waals surface area contributed by atoms with Gasteiger partial charge in [0.15, 0.2) is 11.6 Å². The van der Waals surface area contributed by atoms with Crippen molar-refractivity contribution in [1.82, 2.24) is 4.90 Å². The lowest BCUT2D eigenvalue weighted by molar-refractivity contribution is -0.155. The van der Waals surface area contributed by atoms with E-state index in [1.165, 1.54) is 7.11 Å². The third-order valence-electron chi connectivity index (χ3n) is 4.56. The summed E-state index contributed by atoms with van der Waals surface area (Å²) in [5, 5.41) is 0. The van der Waals surface area contributed by atoms with Crippen LogP contribution in [0.2, 0.25) is 0 Å². The summed E-state index contributed by atoms with van der Waals surface area (Å²) in [7, 11) is 1.28. The fraction of sp³-hybridized carbons (Fsp3) is 0.688. The molecule has 5 heteroatoms. The zero-order chi connectivity index (χ0) is 15.8. The molecule has 0 aromatic rings. The van der Waals surface area contributed by atoms with Crippen molar-refractivity contribution < 1.29 is 19.1 Å². The molecule has 2 fully saturated rings. The number of methoxy groups -OCH3 is 1. The predicted molar refractivity (Wildman–Crippen MR) is 77.4 cm³/mol. The Hall–Kier alpha value is -1.65. The first kappa shape index (κ1) is 15.7. The summed E-state index contributed by atoms with van der Waals surface area (Å²) in [5.74, 6) is -1.99. The minimum atomic E-state index is -0.896. The van der Waals surface area contributed by atoms with Crippen LogP contribution in [-0.4, -0.2) is 42.6 Å². The highest BCUT2D eigenvalue weighted by molar-refractivity contribution is 6.27. The van der Waals surface area contributed by atoms with Gasteiger partial charge in [-0.25, -0.2) is 0 Å². The molecule has 1 heterocycles. The molecule has 1 atom stereocenters. The Morgan fingerprint density at radius 2 is 1.81 bits per heavy atom. The first-order valence-corrected chi connectivity index (χ1v) is 7.40. The molecule has 0 aromatic carbocycles. The molecule has 1 aliphatic carbocycles. The second-order valence-corrected chi connectivity index (χ2v) is 6.56. The molecule has 1 saturated heterocycles. The number of ketones is 2. The van der Waals surface area contributed by atoms with E-state index in [0.29, 0.717) is 5.70 Å². The van der Waals surface area contributed by atoms with Gasteiger partial charge in [-0.2, -0.15) is 0 Å². The van der Waals surface area contributed by atoms with Gasteiger partial charge in [-0.05, 0) is 25.2 Å². The molecule has 0 aromatic heterocycles. The van der Waals surface area contributed by atoms with E-state index in [4.69, 9.17) is 4.74 Å². The average molecular weight is 293 g/mol. The average Bonchev–Trinajstić information content (AvgIpc) is 2.90. The number of allylic oxidation sites excluding steroid dienone is 2. The maximum absolute atomic E-state index is 12.7. The molecule has 2 aliphatic rings. The van der Waals surface area contributed by atoms with Crippen molar-refractivity contribution in [2.45, 2.75) is 40.0 Å². The molecule has 0 amide bonds. The summed E-state index contributed by atoms with van der Waals surface area (Å²) in [6.07, 6.45) is 2.33. The molecule has 0 radical (unpaired) electrons. The first-order chi connectivity index (χ1) is 9.79. The van der Waals surface area contributed by atoms with E-state index >= 15 is 0 Å². The fourth-order valence-corrected chi connectivity index (χ4v) is 3.38. The largest absolute Gasteiger partial charge is 0.468 e. The van der Waals surface area contributed by atoms with Gasteiger partial charge in [-0.3, -0.25) is 14.4 Å². The monoisotopic (exact) mass is 293 g/mol. The number of ether oxygens (including phenoxy) is 1. The van der Waals surface area contributed by atoms with E-state index in [9.17, 15) is 14.4 Å². The van der Waals surface area contributed by atoms with Crippen LogP contribution in [-0.2, 0) is 19.1 Å². The summed E-state index contributed by atoms with van der Waals surface area (Å²) < 4.78 is 4.78. The molecule has 21 heavy (non-hydrogen) atoms. The van der Waals surface area contributed by atoms with Crippen molar-refractivity contribution in [3.63, 3.8) is 0 Å². The number of likely N-dealkylation sites (tertiary alicyclic amines) is 1. The Kier molecular flexibility index (Phi) is 4.21. The zero-order valence-corrected chi connectivity index (χ0v) is 13.2. The Labute approximate surface area is 125 Å². The summed E-state index contributed by atoms with van der Waals surface area (Å²) >= 11 is 0. The van der Waals surface area contributed by atoms with Crippen LogP contribution in [0.3, 0.4) is 0 Å². The number of hydrogen-bond acceptors (Lipinski definition) is 5. The Bertz CT molecular complexity index is 512. The van der Waals surface area contributed by atoms with Crippen LogP contribution in [0, 0.1) is 11.3 Å². The Morgan fingerprint density at radius 1 is 1.24 bits per heavy atom. The lowest BCUT2D eigenvalue weighted by atomic mass is 9.65. The highest BCUT2D eigenvalue weighted by Gasteiger charge is 2.50. The minimum Gasteiger partial charge on any atom is -0.468 e. The van der Waals surface area contributed by atoms with Crippen molar-refractivity contribution in [3.8, 4) is 0 Å². The summed E-state index contributed by atoms with van der Waals surface area (Å²) in [6, 6.07) is 0. The van der Waals surface area contributed by atoms with Crippen molar-refractivity contribution in [3.05, 3.63) is 11.3 Å². The maximum Gasteiger partial charge on any atom is 0.317 e. The van der Waals surface area contributed by atoms with Crippen LogP contribution in [0.4, 0.5) is 0 Å². The smallest absolute Gasteiger partial charge is 0.317 e. The van der Waals surface area contributed by atoms with E-state index in [1.54, 1.807) is 13.8 Å². The van der Waals surface area contributed by atoms with E-state index in [2.05, 4.69) is 4.90 Å². The molecule has 116 valence electrons. The number of hydrogen-bond donors (Lipinski definition) is 0. The molecule has 0 unspecified atom stereocenters. The highest BCUT2D eigenvalue weighted by Crippen LogP contribution is 2.41. The first-order valence-electron chi connectivity index (χ1n) is 7.40. The third-order valence-corrected chi connectivity index (χ3v) is 4.56. The number of rotatable bonds is 2. The zero-order valence-electron chi connectivity index (χ0n) is 13.2. The standard InChI is InChI=1S/C16H23NO4/c1-10(17-7-5-6-8-17)12-11(18)9-16(2,3)13(14(12)19)15(20)21-4/h13H,5-9H2,1-4H3/b12-10+/t13-/m1/s1. The van der Waals surface area contributed by atoms with E-state index in [0.717, 1.165) is 25.9 Å². The molecule has 0 bridgehead atoms. The quantitative estimate of drug-likeness (QED) is 0.336. The molecular formula is C16H23NO4. The van der Waals surface area contributed by atoms with Crippen LogP contribution in [0.5, 0.6) is 0 Å². The number of esters is 1. The molecule has 1 saturated carbocycles. The molecule has 0 N–H and O–H groups in total. The van der Waals surface area contributed by atoms with Crippen molar-refractivity contribution in [1.29, 1.82) is 0 Å². The molecule has 2 rings (SSSR count). The lowest BCUT2D eigenvalue weighted by Crippen LogP contribution is -2.47. The predicted octanol–water partition coefficient (Wildman–Crippen LogP) is 1.71. The molecule has 5 nitrogen and oxygen atoms in total. The van der Waals surface area contributed by atoms with Crippen LogP contribution in [0.1, 0.15) is 40.0 Å².